The lowest BCUT2D eigenvalue weighted by Crippen LogP contribution is -2.27. The molecule has 0 bridgehead atoms. The fourth-order valence-corrected chi connectivity index (χ4v) is 4.22. The van der Waals surface area contributed by atoms with Crippen LogP contribution in [0.4, 0.5) is 10.5 Å². The lowest BCUT2D eigenvalue weighted by molar-refractivity contribution is -0.385. The number of carbonyl (C=O) groups excluding carboxylic acids is 2. The Balaban J connectivity index is 1.64. The second-order valence-corrected chi connectivity index (χ2v) is 8.01. The maximum atomic E-state index is 12.9. The molecule has 4 rings (SSSR count). The molecule has 9 heteroatoms. The molecule has 1 fully saturated rings. The molecule has 0 atom stereocenters. The van der Waals surface area contributed by atoms with E-state index >= 15 is 0 Å². The van der Waals surface area contributed by atoms with Crippen molar-refractivity contribution in [1.29, 1.82) is 0 Å². The summed E-state index contributed by atoms with van der Waals surface area (Å²) in [7, 11) is 0. The summed E-state index contributed by atoms with van der Waals surface area (Å²) in [5, 5.41) is 23.3. The van der Waals surface area contributed by atoms with Crippen LogP contribution >= 0.6 is 11.8 Å². The predicted octanol–water partition coefficient (Wildman–Crippen LogP) is 5.09. The molecular weight excluding hydrogens is 432 g/mol. The Bertz CT molecular complexity index is 1290. The van der Waals surface area contributed by atoms with Crippen molar-refractivity contribution in [3.8, 4) is 11.5 Å². The Morgan fingerprint density at radius 2 is 1.88 bits per heavy atom. The molecule has 0 unspecified atom stereocenters. The first kappa shape index (κ1) is 21.4. The second-order valence-electron chi connectivity index (χ2n) is 7.02. The Morgan fingerprint density at radius 1 is 1.12 bits per heavy atom. The predicted molar refractivity (Wildman–Crippen MR) is 121 cm³/mol. The molecule has 1 heterocycles. The van der Waals surface area contributed by atoms with Crippen LogP contribution < -0.4 is 4.74 Å². The number of nitro groups is 1. The molecule has 0 spiro atoms. The van der Waals surface area contributed by atoms with Gasteiger partial charge in [0.25, 0.3) is 16.8 Å². The molecule has 0 saturated carbocycles. The lowest BCUT2D eigenvalue weighted by Gasteiger charge is -2.13. The van der Waals surface area contributed by atoms with Crippen LogP contribution in [0.1, 0.15) is 18.1 Å². The van der Waals surface area contributed by atoms with E-state index < -0.39 is 16.1 Å². The van der Waals surface area contributed by atoms with Crippen LogP contribution in [-0.4, -0.2) is 32.7 Å². The number of phenols is 1. The number of rotatable bonds is 6. The Kier molecular flexibility index (Phi) is 5.83. The van der Waals surface area contributed by atoms with E-state index in [0.717, 1.165) is 45.1 Å². The fraction of sp³-hybridized carbons (Fsp3) is 0.130. The molecule has 32 heavy (non-hydrogen) atoms. The number of thioether (sulfide) groups is 1. The van der Waals surface area contributed by atoms with Crippen LogP contribution in [0.5, 0.6) is 11.5 Å². The number of fused-ring (bicyclic) bond motifs is 1. The van der Waals surface area contributed by atoms with E-state index in [2.05, 4.69) is 0 Å². The van der Waals surface area contributed by atoms with Crippen molar-refractivity contribution in [2.45, 2.75) is 13.5 Å². The summed E-state index contributed by atoms with van der Waals surface area (Å²) in [5.74, 6) is -0.931. The van der Waals surface area contributed by atoms with Crippen molar-refractivity contribution >= 4 is 45.4 Å². The van der Waals surface area contributed by atoms with E-state index in [-0.39, 0.29) is 40.8 Å². The highest BCUT2D eigenvalue weighted by Gasteiger charge is 2.35. The average Bonchev–Trinajstić information content (AvgIpc) is 3.03. The van der Waals surface area contributed by atoms with Gasteiger partial charge < -0.3 is 9.84 Å². The van der Waals surface area contributed by atoms with Crippen LogP contribution in [0.3, 0.4) is 0 Å². The van der Waals surface area contributed by atoms with Gasteiger partial charge in [0.05, 0.1) is 29.0 Å². The highest BCUT2D eigenvalue weighted by Crippen LogP contribution is 2.39. The standard InChI is InChI=1S/C23H18N2O6S/c1-2-31-19-12-18(25(29)30)10-17(21(19)26)11-20-22(27)24(23(28)32-20)13-14-7-8-15-5-3-4-6-16(15)9-14/h3-12,26H,2,13H2,1H3/b20-11-. The zero-order chi connectivity index (χ0) is 22.8. The Labute approximate surface area is 187 Å². The summed E-state index contributed by atoms with van der Waals surface area (Å²) in [4.78, 5) is 37.2. The molecule has 0 radical (unpaired) electrons. The molecule has 1 N–H and O–H groups in total. The molecule has 162 valence electrons. The van der Waals surface area contributed by atoms with E-state index in [1.807, 2.05) is 42.5 Å². The molecule has 1 aliphatic rings. The van der Waals surface area contributed by atoms with Crippen molar-refractivity contribution in [3.05, 3.63) is 80.7 Å². The topological polar surface area (TPSA) is 110 Å². The van der Waals surface area contributed by atoms with Gasteiger partial charge in [0.2, 0.25) is 0 Å². The zero-order valence-corrected chi connectivity index (χ0v) is 17.8. The van der Waals surface area contributed by atoms with Gasteiger partial charge in [-0.1, -0.05) is 36.4 Å². The largest absolute Gasteiger partial charge is 0.504 e. The molecule has 1 saturated heterocycles. The number of aromatic hydroxyl groups is 1. The molecule has 3 aromatic carbocycles. The van der Waals surface area contributed by atoms with Crippen LogP contribution in [0.15, 0.2) is 59.5 Å². The maximum Gasteiger partial charge on any atom is 0.293 e. The lowest BCUT2D eigenvalue weighted by atomic mass is 10.1. The van der Waals surface area contributed by atoms with E-state index in [1.54, 1.807) is 6.92 Å². The number of nitrogens with zero attached hydrogens (tertiary/aromatic N) is 2. The summed E-state index contributed by atoms with van der Waals surface area (Å²) >= 11 is 0.718. The number of imide groups is 1. The number of carbonyl (C=O) groups is 2. The van der Waals surface area contributed by atoms with Crippen molar-refractivity contribution in [2.24, 2.45) is 0 Å². The van der Waals surface area contributed by atoms with Crippen molar-refractivity contribution in [3.63, 3.8) is 0 Å². The maximum absolute atomic E-state index is 12.9. The fourth-order valence-electron chi connectivity index (χ4n) is 3.39. The molecular formula is C23H18N2O6S. The smallest absolute Gasteiger partial charge is 0.293 e. The number of nitro benzene ring substituents is 1. The van der Waals surface area contributed by atoms with Gasteiger partial charge in [-0.2, -0.15) is 0 Å². The second kappa shape index (κ2) is 8.72. The first-order chi connectivity index (χ1) is 15.4. The first-order valence-corrected chi connectivity index (χ1v) is 10.6. The van der Waals surface area contributed by atoms with Gasteiger partial charge in [-0.3, -0.25) is 24.6 Å². The molecule has 8 nitrogen and oxygen atoms in total. The van der Waals surface area contributed by atoms with Crippen molar-refractivity contribution in [2.75, 3.05) is 6.61 Å². The summed E-state index contributed by atoms with van der Waals surface area (Å²) in [6.45, 7) is 1.96. The number of hydrogen-bond donors (Lipinski definition) is 1. The van der Waals surface area contributed by atoms with Gasteiger partial charge >= 0.3 is 0 Å². The highest BCUT2D eigenvalue weighted by molar-refractivity contribution is 8.18. The SMILES string of the molecule is CCOc1cc([N+](=O)[O-])cc(/C=C2\SC(=O)N(Cc3ccc4ccccc4c3)C2=O)c1O. The van der Waals surface area contributed by atoms with Crippen molar-refractivity contribution < 1.29 is 24.4 Å². The van der Waals surface area contributed by atoms with Crippen LogP contribution in [0.25, 0.3) is 16.8 Å². The van der Waals surface area contributed by atoms with E-state index in [0.29, 0.717) is 0 Å². The third kappa shape index (κ3) is 4.15. The minimum atomic E-state index is -0.620. The molecule has 0 aliphatic carbocycles. The van der Waals surface area contributed by atoms with E-state index in [4.69, 9.17) is 4.74 Å². The number of amides is 2. The van der Waals surface area contributed by atoms with E-state index in [1.165, 1.54) is 6.08 Å². The number of phenolic OH excluding ortho intramolecular Hbond substituents is 1. The van der Waals surface area contributed by atoms with Gasteiger partial charge in [-0.25, -0.2) is 0 Å². The molecule has 1 aliphatic heterocycles. The van der Waals surface area contributed by atoms with Crippen LogP contribution in [-0.2, 0) is 11.3 Å². The highest BCUT2D eigenvalue weighted by atomic mass is 32.2. The molecule has 2 amide bonds. The minimum Gasteiger partial charge on any atom is -0.504 e. The summed E-state index contributed by atoms with van der Waals surface area (Å²) in [5.41, 5.74) is 0.524. The average molecular weight is 450 g/mol. The van der Waals surface area contributed by atoms with Crippen molar-refractivity contribution in [1.82, 2.24) is 4.90 Å². The summed E-state index contributed by atoms with van der Waals surface area (Å²) in [6.07, 6.45) is 1.27. The number of benzene rings is 3. The van der Waals surface area contributed by atoms with Gasteiger partial charge in [0.1, 0.15) is 0 Å². The molecule has 3 aromatic rings. The quantitative estimate of drug-likeness (QED) is 0.316. The van der Waals surface area contributed by atoms with Gasteiger partial charge in [-0.05, 0) is 47.2 Å². The number of hydrogen-bond acceptors (Lipinski definition) is 7. The number of ether oxygens (including phenoxy) is 1. The van der Waals surface area contributed by atoms with Crippen LogP contribution in [0, 0.1) is 10.1 Å². The minimum absolute atomic E-state index is 0.0267. The zero-order valence-electron chi connectivity index (χ0n) is 17.0. The summed E-state index contributed by atoms with van der Waals surface area (Å²) in [6, 6.07) is 15.7. The van der Waals surface area contributed by atoms with Gasteiger partial charge in [0, 0.05) is 11.6 Å². The van der Waals surface area contributed by atoms with Gasteiger partial charge in [0.15, 0.2) is 11.5 Å². The third-order valence-corrected chi connectivity index (χ3v) is 5.82. The molecule has 0 aromatic heterocycles. The van der Waals surface area contributed by atoms with E-state index in [9.17, 15) is 24.8 Å². The third-order valence-electron chi connectivity index (χ3n) is 4.91. The first-order valence-electron chi connectivity index (χ1n) is 9.74. The Hall–Kier alpha value is -3.85. The summed E-state index contributed by atoms with van der Waals surface area (Å²) < 4.78 is 5.26. The Morgan fingerprint density at radius 3 is 2.59 bits per heavy atom. The normalized spacial score (nSPS) is 15.0. The van der Waals surface area contributed by atoms with Crippen LogP contribution in [0.2, 0.25) is 0 Å². The monoisotopic (exact) mass is 450 g/mol. The number of non-ortho nitro benzene ring substituents is 1. The van der Waals surface area contributed by atoms with Gasteiger partial charge in [-0.15, -0.1) is 0 Å².